The monoisotopic (exact) mass is 261 g/mol. The Morgan fingerprint density at radius 1 is 1.17 bits per heavy atom. The van der Waals surface area contributed by atoms with Gasteiger partial charge in [-0.1, -0.05) is 11.8 Å². The van der Waals surface area contributed by atoms with Crippen LogP contribution in [-0.4, -0.2) is 27.0 Å². The van der Waals surface area contributed by atoms with Crippen LogP contribution in [0.4, 0.5) is 5.95 Å². The van der Waals surface area contributed by atoms with Gasteiger partial charge < -0.3 is 5.32 Å². The number of rotatable bonds is 4. The summed E-state index contributed by atoms with van der Waals surface area (Å²) in [6.45, 7) is 3.95. The highest BCUT2D eigenvalue weighted by atomic mass is 32.2. The molecule has 0 saturated heterocycles. The summed E-state index contributed by atoms with van der Waals surface area (Å²) in [5.74, 6) is 1.37. The van der Waals surface area contributed by atoms with Gasteiger partial charge in [-0.3, -0.25) is 0 Å². The summed E-state index contributed by atoms with van der Waals surface area (Å²) in [7, 11) is 1.80. The molecular weight excluding hydrogens is 246 g/mol. The van der Waals surface area contributed by atoms with Crippen LogP contribution in [0, 0.1) is 13.8 Å². The molecule has 1 N–H and O–H groups in total. The zero-order chi connectivity index (χ0) is 13.0. The van der Waals surface area contributed by atoms with E-state index in [9.17, 15) is 0 Å². The molecule has 2 aromatic heterocycles. The molecule has 6 heteroatoms. The third-order valence-electron chi connectivity index (χ3n) is 2.25. The summed E-state index contributed by atoms with van der Waals surface area (Å²) in [5, 5.41) is 3.71. The average Bonchev–Trinajstić information content (AvgIpc) is 2.35. The van der Waals surface area contributed by atoms with E-state index in [2.05, 4.69) is 25.3 Å². The van der Waals surface area contributed by atoms with Crippen LogP contribution in [0.3, 0.4) is 0 Å². The second-order valence-corrected chi connectivity index (χ2v) is 4.79. The van der Waals surface area contributed by atoms with Crippen LogP contribution < -0.4 is 5.32 Å². The molecule has 0 saturated carbocycles. The van der Waals surface area contributed by atoms with E-state index >= 15 is 0 Å². The molecule has 0 aromatic carbocycles. The smallest absolute Gasteiger partial charge is 0.222 e. The SMILES string of the molecule is CNc1nccc(CSc2nc(C)cc(C)n2)n1. The van der Waals surface area contributed by atoms with Gasteiger partial charge in [0.15, 0.2) is 5.16 Å². The lowest BCUT2D eigenvalue weighted by atomic mass is 10.4. The minimum Gasteiger partial charge on any atom is -0.357 e. The van der Waals surface area contributed by atoms with Gasteiger partial charge in [-0.15, -0.1) is 0 Å². The maximum Gasteiger partial charge on any atom is 0.222 e. The van der Waals surface area contributed by atoms with Crippen LogP contribution in [0.2, 0.25) is 0 Å². The molecule has 2 heterocycles. The van der Waals surface area contributed by atoms with Gasteiger partial charge >= 0.3 is 0 Å². The average molecular weight is 261 g/mol. The van der Waals surface area contributed by atoms with Gasteiger partial charge in [0.1, 0.15) is 0 Å². The number of thioether (sulfide) groups is 1. The van der Waals surface area contributed by atoms with Crippen molar-refractivity contribution < 1.29 is 0 Å². The van der Waals surface area contributed by atoms with Crippen molar-refractivity contribution in [3.8, 4) is 0 Å². The molecule has 0 fully saturated rings. The lowest BCUT2D eigenvalue weighted by molar-refractivity contribution is 0.900. The van der Waals surface area contributed by atoms with Crippen molar-refractivity contribution in [3.05, 3.63) is 35.4 Å². The third-order valence-corrected chi connectivity index (χ3v) is 3.13. The van der Waals surface area contributed by atoms with Crippen molar-refractivity contribution in [3.63, 3.8) is 0 Å². The van der Waals surface area contributed by atoms with Crippen molar-refractivity contribution in [1.29, 1.82) is 0 Å². The highest BCUT2D eigenvalue weighted by Crippen LogP contribution is 2.19. The second-order valence-electron chi connectivity index (χ2n) is 3.84. The topological polar surface area (TPSA) is 63.6 Å². The van der Waals surface area contributed by atoms with Crippen LogP contribution in [0.1, 0.15) is 17.1 Å². The molecule has 5 nitrogen and oxygen atoms in total. The fourth-order valence-electron chi connectivity index (χ4n) is 1.49. The molecule has 0 aliphatic rings. The molecule has 94 valence electrons. The van der Waals surface area contributed by atoms with Crippen LogP contribution >= 0.6 is 11.8 Å². The van der Waals surface area contributed by atoms with E-state index in [0.29, 0.717) is 5.95 Å². The Morgan fingerprint density at radius 3 is 2.56 bits per heavy atom. The van der Waals surface area contributed by atoms with Crippen LogP contribution in [0.5, 0.6) is 0 Å². The first-order valence-corrected chi connectivity index (χ1v) is 6.60. The predicted molar refractivity (Wildman–Crippen MR) is 72.6 cm³/mol. The summed E-state index contributed by atoms with van der Waals surface area (Å²) in [6.07, 6.45) is 1.75. The van der Waals surface area contributed by atoms with Crippen molar-refractivity contribution >= 4 is 17.7 Å². The summed E-state index contributed by atoms with van der Waals surface area (Å²) in [4.78, 5) is 17.2. The minimum atomic E-state index is 0.634. The van der Waals surface area contributed by atoms with Crippen molar-refractivity contribution in [1.82, 2.24) is 19.9 Å². The van der Waals surface area contributed by atoms with E-state index in [1.54, 1.807) is 25.0 Å². The Bertz CT molecular complexity index is 523. The highest BCUT2D eigenvalue weighted by Gasteiger charge is 2.03. The van der Waals surface area contributed by atoms with Crippen LogP contribution in [0.25, 0.3) is 0 Å². The molecule has 0 aliphatic heterocycles. The van der Waals surface area contributed by atoms with Gasteiger partial charge in [0.25, 0.3) is 0 Å². The Balaban J connectivity index is 2.06. The number of aryl methyl sites for hydroxylation is 2. The quantitative estimate of drug-likeness (QED) is 0.672. The van der Waals surface area contributed by atoms with Crippen molar-refractivity contribution in [2.75, 3.05) is 12.4 Å². The van der Waals surface area contributed by atoms with E-state index in [4.69, 9.17) is 0 Å². The summed E-state index contributed by atoms with van der Waals surface area (Å²) < 4.78 is 0. The second kappa shape index (κ2) is 5.77. The summed E-state index contributed by atoms with van der Waals surface area (Å²) in [6, 6.07) is 3.87. The molecule has 0 unspecified atom stereocenters. The largest absolute Gasteiger partial charge is 0.357 e. The molecule has 0 spiro atoms. The lowest BCUT2D eigenvalue weighted by Crippen LogP contribution is -1.99. The lowest BCUT2D eigenvalue weighted by Gasteiger charge is -2.04. The molecule has 18 heavy (non-hydrogen) atoms. The summed E-state index contributed by atoms with van der Waals surface area (Å²) in [5.41, 5.74) is 2.94. The first kappa shape index (κ1) is 12.8. The van der Waals surface area contributed by atoms with Crippen LogP contribution in [-0.2, 0) is 5.75 Å². The number of hydrogen-bond donors (Lipinski definition) is 1. The molecule has 0 atom stereocenters. The Labute approximate surface area is 110 Å². The third kappa shape index (κ3) is 3.40. The number of anilines is 1. The van der Waals surface area contributed by atoms with E-state index in [-0.39, 0.29) is 0 Å². The Kier molecular flexibility index (Phi) is 4.09. The van der Waals surface area contributed by atoms with Gasteiger partial charge in [0.2, 0.25) is 5.95 Å². The molecule has 0 bridgehead atoms. The van der Waals surface area contributed by atoms with E-state index in [1.165, 1.54) is 0 Å². The zero-order valence-electron chi connectivity index (χ0n) is 10.6. The van der Waals surface area contributed by atoms with Crippen LogP contribution in [0.15, 0.2) is 23.5 Å². The molecular formula is C12H15N5S. The predicted octanol–water partition coefficient (Wildman–Crippen LogP) is 2.22. The number of hydrogen-bond acceptors (Lipinski definition) is 6. The van der Waals surface area contributed by atoms with Gasteiger partial charge in [-0.05, 0) is 26.0 Å². The van der Waals surface area contributed by atoms with Gasteiger partial charge in [-0.25, -0.2) is 19.9 Å². The number of nitrogens with zero attached hydrogens (tertiary/aromatic N) is 4. The maximum atomic E-state index is 4.38. The number of nitrogens with one attached hydrogen (secondary N) is 1. The standard InChI is InChI=1S/C12H15N5S/c1-8-6-9(2)16-12(15-8)18-7-10-4-5-14-11(13-3)17-10/h4-6H,7H2,1-3H3,(H,13,14,17). The summed E-state index contributed by atoms with van der Waals surface area (Å²) >= 11 is 1.58. The normalized spacial score (nSPS) is 10.4. The fraction of sp³-hybridized carbons (Fsp3) is 0.333. The first-order valence-electron chi connectivity index (χ1n) is 5.62. The molecule has 2 aromatic rings. The van der Waals surface area contributed by atoms with Gasteiger partial charge in [-0.2, -0.15) is 0 Å². The molecule has 2 rings (SSSR count). The molecule has 0 radical (unpaired) electrons. The fourth-order valence-corrected chi connectivity index (χ4v) is 2.35. The Hall–Kier alpha value is -1.69. The minimum absolute atomic E-state index is 0.634. The van der Waals surface area contributed by atoms with E-state index in [1.807, 2.05) is 26.0 Å². The molecule has 0 amide bonds. The Morgan fingerprint density at radius 2 is 1.89 bits per heavy atom. The van der Waals surface area contributed by atoms with E-state index in [0.717, 1.165) is 28.0 Å². The maximum absolute atomic E-state index is 4.38. The zero-order valence-corrected chi connectivity index (χ0v) is 11.5. The van der Waals surface area contributed by atoms with Crippen molar-refractivity contribution in [2.24, 2.45) is 0 Å². The highest BCUT2D eigenvalue weighted by molar-refractivity contribution is 7.98. The molecule has 0 aliphatic carbocycles. The van der Waals surface area contributed by atoms with E-state index < -0.39 is 0 Å². The van der Waals surface area contributed by atoms with Crippen molar-refractivity contribution in [2.45, 2.75) is 24.8 Å². The van der Waals surface area contributed by atoms with Gasteiger partial charge in [0, 0.05) is 30.4 Å². The van der Waals surface area contributed by atoms with Gasteiger partial charge in [0.05, 0.1) is 5.69 Å². The number of aromatic nitrogens is 4. The first-order chi connectivity index (χ1) is 8.67.